The average Bonchev–Trinajstić information content (AvgIpc) is 2.64. The molecule has 5 nitrogen and oxygen atoms in total. The first-order valence-corrected chi connectivity index (χ1v) is 5.33. The van der Waals surface area contributed by atoms with Gasteiger partial charge in [-0.3, -0.25) is 10.1 Å². The van der Waals surface area contributed by atoms with Gasteiger partial charge in [0.2, 0.25) is 0 Å². The van der Waals surface area contributed by atoms with Crippen LogP contribution in [-0.2, 0) is 0 Å². The molecular formula is C11H15N3O2. The molecule has 1 aliphatic rings. The topological polar surface area (TPSA) is 72.4 Å². The lowest BCUT2D eigenvalue weighted by Gasteiger charge is -2.18. The van der Waals surface area contributed by atoms with Crippen molar-refractivity contribution in [3.05, 3.63) is 33.9 Å². The SMILES string of the molecule is Cc1cc(N2CCC(N)C2)cc([N+](=O)[O-])c1. The van der Waals surface area contributed by atoms with Crippen molar-refractivity contribution < 1.29 is 4.92 Å². The van der Waals surface area contributed by atoms with E-state index in [-0.39, 0.29) is 16.7 Å². The average molecular weight is 221 g/mol. The van der Waals surface area contributed by atoms with Crippen LogP contribution >= 0.6 is 0 Å². The Balaban J connectivity index is 2.30. The molecule has 1 heterocycles. The molecule has 1 aliphatic heterocycles. The Morgan fingerprint density at radius 1 is 1.50 bits per heavy atom. The molecule has 1 fully saturated rings. The van der Waals surface area contributed by atoms with Crippen molar-refractivity contribution in [3.63, 3.8) is 0 Å². The van der Waals surface area contributed by atoms with E-state index in [0.717, 1.165) is 30.8 Å². The van der Waals surface area contributed by atoms with E-state index >= 15 is 0 Å². The smallest absolute Gasteiger partial charge is 0.271 e. The van der Waals surface area contributed by atoms with Gasteiger partial charge in [0.05, 0.1) is 4.92 Å². The lowest BCUT2D eigenvalue weighted by Crippen LogP contribution is -2.26. The molecule has 0 radical (unpaired) electrons. The van der Waals surface area contributed by atoms with E-state index < -0.39 is 0 Å². The van der Waals surface area contributed by atoms with Crippen LogP contribution in [0.3, 0.4) is 0 Å². The number of non-ortho nitro benzene ring substituents is 1. The highest BCUT2D eigenvalue weighted by Crippen LogP contribution is 2.26. The summed E-state index contributed by atoms with van der Waals surface area (Å²) in [5, 5.41) is 10.7. The third kappa shape index (κ3) is 2.14. The summed E-state index contributed by atoms with van der Waals surface area (Å²) in [5.74, 6) is 0. The molecule has 0 aliphatic carbocycles. The third-order valence-corrected chi connectivity index (χ3v) is 2.85. The van der Waals surface area contributed by atoms with Crippen LogP contribution in [0.2, 0.25) is 0 Å². The van der Waals surface area contributed by atoms with E-state index in [9.17, 15) is 10.1 Å². The van der Waals surface area contributed by atoms with Gasteiger partial charge in [0.25, 0.3) is 5.69 Å². The van der Waals surface area contributed by atoms with Crippen molar-refractivity contribution >= 4 is 11.4 Å². The minimum atomic E-state index is -0.355. The number of aryl methyl sites for hydroxylation is 1. The van der Waals surface area contributed by atoms with Crippen LogP contribution in [0.15, 0.2) is 18.2 Å². The van der Waals surface area contributed by atoms with Gasteiger partial charge >= 0.3 is 0 Å². The fourth-order valence-corrected chi connectivity index (χ4v) is 2.05. The normalized spacial score (nSPS) is 20.1. The number of hydrogen-bond donors (Lipinski definition) is 1. The van der Waals surface area contributed by atoms with E-state index in [0.29, 0.717) is 0 Å². The standard InChI is InChI=1S/C11H15N3O2/c1-8-4-10(6-11(5-8)14(15)16)13-3-2-9(12)7-13/h4-6,9H,2-3,7,12H2,1H3. The summed E-state index contributed by atoms with van der Waals surface area (Å²) >= 11 is 0. The highest BCUT2D eigenvalue weighted by atomic mass is 16.6. The van der Waals surface area contributed by atoms with E-state index in [1.807, 2.05) is 13.0 Å². The van der Waals surface area contributed by atoms with Gasteiger partial charge in [0, 0.05) is 37.0 Å². The summed E-state index contributed by atoms with van der Waals surface area (Å²) in [6, 6.07) is 5.34. The Labute approximate surface area is 94.0 Å². The number of benzene rings is 1. The Hall–Kier alpha value is -1.62. The number of nitrogens with two attached hydrogens (primary N) is 1. The molecule has 86 valence electrons. The number of nitrogens with zero attached hydrogens (tertiary/aromatic N) is 2. The predicted octanol–water partition coefficient (Wildman–Crippen LogP) is 1.44. The van der Waals surface area contributed by atoms with Crippen molar-refractivity contribution in [2.75, 3.05) is 18.0 Å². The van der Waals surface area contributed by atoms with Gasteiger partial charge < -0.3 is 10.6 Å². The lowest BCUT2D eigenvalue weighted by atomic mass is 10.2. The Morgan fingerprint density at radius 2 is 2.25 bits per heavy atom. The van der Waals surface area contributed by atoms with E-state index in [1.165, 1.54) is 0 Å². The van der Waals surface area contributed by atoms with Crippen LogP contribution < -0.4 is 10.6 Å². The largest absolute Gasteiger partial charge is 0.370 e. The first kappa shape index (κ1) is 10.9. The fraction of sp³-hybridized carbons (Fsp3) is 0.455. The van der Waals surface area contributed by atoms with Crippen molar-refractivity contribution in [3.8, 4) is 0 Å². The van der Waals surface area contributed by atoms with Gasteiger partial charge in [0.1, 0.15) is 0 Å². The number of nitro benzene ring substituents is 1. The van der Waals surface area contributed by atoms with Crippen LogP contribution in [0.1, 0.15) is 12.0 Å². The zero-order chi connectivity index (χ0) is 11.7. The Bertz CT molecular complexity index is 420. The van der Waals surface area contributed by atoms with E-state index in [4.69, 9.17) is 5.73 Å². The molecule has 0 bridgehead atoms. The maximum absolute atomic E-state index is 10.7. The van der Waals surface area contributed by atoms with Gasteiger partial charge in [0.15, 0.2) is 0 Å². The summed E-state index contributed by atoms with van der Waals surface area (Å²) in [6.07, 6.45) is 0.946. The molecule has 0 saturated carbocycles. The number of nitro groups is 1. The zero-order valence-electron chi connectivity index (χ0n) is 9.22. The maximum Gasteiger partial charge on any atom is 0.271 e. The van der Waals surface area contributed by atoms with Crippen molar-refractivity contribution in [1.29, 1.82) is 0 Å². The molecule has 2 rings (SSSR count). The van der Waals surface area contributed by atoms with Crippen LogP contribution in [0, 0.1) is 17.0 Å². The predicted molar refractivity (Wildman–Crippen MR) is 62.6 cm³/mol. The second-order valence-corrected chi connectivity index (χ2v) is 4.28. The second-order valence-electron chi connectivity index (χ2n) is 4.28. The summed E-state index contributed by atoms with van der Waals surface area (Å²) in [4.78, 5) is 12.5. The molecule has 2 N–H and O–H groups in total. The van der Waals surface area contributed by atoms with Crippen molar-refractivity contribution in [2.24, 2.45) is 5.73 Å². The minimum Gasteiger partial charge on any atom is -0.370 e. The molecular weight excluding hydrogens is 206 g/mol. The molecule has 1 unspecified atom stereocenters. The molecule has 0 spiro atoms. The first-order chi connectivity index (χ1) is 7.56. The van der Waals surface area contributed by atoms with Crippen LogP contribution in [0.25, 0.3) is 0 Å². The summed E-state index contributed by atoms with van der Waals surface area (Å²) < 4.78 is 0. The quantitative estimate of drug-likeness (QED) is 0.606. The maximum atomic E-state index is 10.7. The molecule has 1 aromatic rings. The Kier molecular flexibility index (Phi) is 2.78. The monoisotopic (exact) mass is 221 g/mol. The molecule has 5 heteroatoms. The molecule has 0 aromatic heterocycles. The van der Waals surface area contributed by atoms with Gasteiger partial charge in [-0.15, -0.1) is 0 Å². The van der Waals surface area contributed by atoms with Crippen LogP contribution in [-0.4, -0.2) is 24.1 Å². The molecule has 1 aromatic carbocycles. The highest BCUT2D eigenvalue weighted by Gasteiger charge is 2.21. The number of hydrogen-bond acceptors (Lipinski definition) is 4. The van der Waals surface area contributed by atoms with Crippen LogP contribution in [0.5, 0.6) is 0 Å². The highest BCUT2D eigenvalue weighted by molar-refractivity contribution is 5.56. The van der Waals surface area contributed by atoms with Crippen LogP contribution in [0.4, 0.5) is 11.4 Å². The zero-order valence-corrected chi connectivity index (χ0v) is 9.22. The van der Waals surface area contributed by atoms with E-state index in [1.54, 1.807) is 12.1 Å². The van der Waals surface area contributed by atoms with Gasteiger partial charge in [-0.1, -0.05) is 0 Å². The first-order valence-electron chi connectivity index (χ1n) is 5.33. The summed E-state index contributed by atoms with van der Waals surface area (Å²) in [6.45, 7) is 3.52. The van der Waals surface area contributed by atoms with Crippen molar-refractivity contribution in [2.45, 2.75) is 19.4 Å². The number of anilines is 1. The lowest BCUT2D eigenvalue weighted by molar-refractivity contribution is -0.384. The Morgan fingerprint density at radius 3 is 2.81 bits per heavy atom. The second kappa shape index (κ2) is 4.09. The van der Waals surface area contributed by atoms with Gasteiger partial charge in [-0.2, -0.15) is 0 Å². The number of rotatable bonds is 2. The van der Waals surface area contributed by atoms with Crippen molar-refractivity contribution in [1.82, 2.24) is 0 Å². The van der Waals surface area contributed by atoms with E-state index in [2.05, 4.69) is 4.90 Å². The third-order valence-electron chi connectivity index (χ3n) is 2.85. The molecule has 16 heavy (non-hydrogen) atoms. The van der Waals surface area contributed by atoms with Gasteiger partial charge in [-0.25, -0.2) is 0 Å². The van der Waals surface area contributed by atoms with Gasteiger partial charge in [-0.05, 0) is 25.0 Å². The summed E-state index contributed by atoms with van der Waals surface area (Å²) in [7, 11) is 0. The molecule has 1 atom stereocenters. The minimum absolute atomic E-state index is 0.149. The fourth-order valence-electron chi connectivity index (χ4n) is 2.05. The summed E-state index contributed by atoms with van der Waals surface area (Å²) in [5.41, 5.74) is 7.78. The molecule has 1 saturated heterocycles. The molecule has 0 amide bonds.